The molecule has 0 saturated heterocycles. The zero-order valence-corrected chi connectivity index (χ0v) is 9.88. The van der Waals surface area contributed by atoms with Crippen molar-refractivity contribution in [3.63, 3.8) is 0 Å². The van der Waals surface area contributed by atoms with E-state index in [1.165, 1.54) is 11.3 Å². The molecule has 0 spiro atoms. The van der Waals surface area contributed by atoms with Crippen LogP contribution in [-0.2, 0) is 4.79 Å². The molecule has 4 heteroatoms. The molecule has 0 aliphatic heterocycles. The van der Waals surface area contributed by atoms with Crippen LogP contribution in [0.5, 0.6) is 5.75 Å². The van der Waals surface area contributed by atoms with Gasteiger partial charge in [-0.05, 0) is 36.6 Å². The maximum atomic E-state index is 10.9. The van der Waals surface area contributed by atoms with Gasteiger partial charge in [0.05, 0.1) is 13.0 Å². The molecule has 1 aromatic carbocycles. The molecule has 1 heterocycles. The fraction of sp³-hybridized carbons (Fsp3) is 0.250. The summed E-state index contributed by atoms with van der Waals surface area (Å²) in [6, 6.07) is 7.68. The van der Waals surface area contributed by atoms with E-state index in [0.29, 0.717) is 0 Å². The van der Waals surface area contributed by atoms with Crippen molar-refractivity contribution in [2.75, 3.05) is 7.11 Å². The molecule has 0 aliphatic rings. The number of ether oxygens (including phenoxy) is 1. The van der Waals surface area contributed by atoms with E-state index in [1.807, 2.05) is 24.3 Å². The number of fused-ring (bicyclic) bond motifs is 1. The topological polar surface area (TPSA) is 46.5 Å². The molecule has 1 atom stereocenters. The van der Waals surface area contributed by atoms with Crippen LogP contribution in [0.4, 0.5) is 0 Å². The van der Waals surface area contributed by atoms with Crippen LogP contribution in [0.25, 0.3) is 10.1 Å². The predicted molar refractivity (Wildman–Crippen MR) is 64.4 cm³/mol. The third-order valence-corrected chi connectivity index (χ3v) is 3.84. The van der Waals surface area contributed by atoms with Crippen molar-refractivity contribution in [2.24, 2.45) is 0 Å². The quantitative estimate of drug-likeness (QED) is 0.890. The Morgan fingerprint density at radius 1 is 1.44 bits per heavy atom. The lowest BCUT2D eigenvalue weighted by molar-refractivity contribution is -0.138. The normalized spacial score (nSPS) is 12.6. The van der Waals surface area contributed by atoms with Gasteiger partial charge >= 0.3 is 5.97 Å². The van der Waals surface area contributed by atoms with Gasteiger partial charge in [0.15, 0.2) is 0 Å². The van der Waals surface area contributed by atoms with E-state index in [1.54, 1.807) is 14.0 Å². The first-order chi connectivity index (χ1) is 7.61. The lowest BCUT2D eigenvalue weighted by Crippen LogP contribution is -2.04. The molecule has 0 amide bonds. The number of benzene rings is 1. The standard InChI is InChI=1S/C12H12O3S/c1-7(12(13)14)11-6-8-5-9(15-2)3-4-10(8)16-11/h3-7H,1-2H3,(H,13,14)/t7-/m0/s1. The molecule has 3 nitrogen and oxygen atoms in total. The Bertz CT molecular complexity index is 530. The van der Waals surface area contributed by atoms with Gasteiger partial charge in [0.1, 0.15) is 5.75 Å². The van der Waals surface area contributed by atoms with E-state index in [2.05, 4.69) is 0 Å². The summed E-state index contributed by atoms with van der Waals surface area (Å²) in [7, 11) is 1.62. The van der Waals surface area contributed by atoms with Crippen LogP contribution in [0.1, 0.15) is 17.7 Å². The summed E-state index contributed by atoms with van der Waals surface area (Å²) in [4.78, 5) is 11.8. The van der Waals surface area contributed by atoms with Gasteiger partial charge in [-0.2, -0.15) is 0 Å². The number of carboxylic acid groups (broad SMARTS) is 1. The van der Waals surface area contributed by atoms with Gasteiger partial charge < -0.3 is 9.84 Å². The molecule has 2 rings (SSSR count). The molecule has 0 fully saturated rings. The molecule has 0 bridgehead atoms. The van der Waals surface area contributed by atoms with Crippen molar-refractivity contribution >= 4 is 27.4 Å². The number of hydrogen-bond acceptors (Lipinski definition) is 3. The van der Waals surface area contributed by atoms with Crippen molar-refractivity contribution in [3.05, 3.63) is 29.1 Å². The second-order valence-corrected chi connectivity index (χ2v) is 4.73. The number of carboxylic acids is 1. The van der Waals surface area contributed by atoms with Crippen molar-refractivity contribution in [1.29, 1.82) is 0 Å². The summed E-state index contributed by atoms with van der Waals surface area (Å²) in [5.41, 5.74) is 0. The predicted octanol–water partition coefficient (Wildman–Crippen LogP) is 3.10. The maximum Gasteiger partial charge on any atom is 0.311 e. The third-order valence-electron chi connectivity index (χ3n) is 2.54. The first kappa shape index (κ1) is 11.0. The van der Waals surface area contributed by atoms with Crippen molar-refractivity contribution < 1.29 is 14.6 Å². The first-order valence-electron chi connectivity index (χ1n) is 4.92. The van der Waals surface area contributed by atoms with Crippen LogP contribution in [0.3, 0.4) is 0 Å². The van der Waals surface area contributed by atoms with Crippen molar-refractivity contribution in [1.82, 2.24) is 0 Å². The minimum absolute atomic E-state index is 0.455. The molecule has 1 aromatic heterocycles. The summed E-state index contributed by atoms with van der Waals surface area (Å²) in [5, 5.41) is 9.98. The van der Waals surface area contributed by atoms with E-state index < -0.39 is 11.9 Å². The minimum atomic E-state index is -0.793. The average molecular weight is 236 g/mol. The van der Waals surface area contributed by atoms with Gasteiger partial charge in [-0.3, -0.25) is 4.79 Å². The third kappa shape index (κ3) is 1.88. The van der Waals surface area contributed by atoms with E-state index in [4.69, 9.17) is 9.84 Å². The molecular formula is C12H12O3S. The molecule has 84 valence electrons. The zero-order valence-electron chi connectivity index (χ0n) is 9.06. The highest BCUT2D eigenvalue weighted by Crippen LogP contribution is 2.32. The number of rotatable bonds is 3. The minimum Gasteiger partial charge on any atom is -0.497 e. The molecule has 16 heavy (non-hydrogen) atoms. The van der Waals surface area contributed by atoms with Gasteiger partial charge in [-0.15, -0.1) is 11.3 Å². The lowest BCUT2D eigenvalue weighted by atomic mass is 10.1. The molecule has 0 aliphatic carbocycles. The summed E-state index contributed by atoms with van der Waals surface area (Å²) >= 11 is 1.52. The van der Waals surface area contributed by atoms with Crippen LogP contribution in [0.2, 0.25) is 0 Å². The largest absolute Gasteiger partial charge is 0.497 e. The van der Waals surface area contributed by atoms with Gasteiger partial charge in [0.2, 0.25) is 0 Å². The number of aliphatic carboxylic acids is 1. The van der Waals surface area contributed by atoms with Crippen LogP contribution in [0.15, 0.2) is 24.3 Å². The molecule has 2 aromatic rings. The van der Waals surface area contributed by atoms with Crippen LogP contribution >= 0.6 is 11.3 Å². The fourth-order valence-corrected chi connectivity index (χ4v) is 2.59. The smallest absolute Gasteiger partial charge is 0.311 e. The Labute approximate surface area is 97.3 Å². The number of methoxy groups -OCH3 is 1. The lowest BCUT2D eigenvalue weighted by Gasteiger charge is -1.99. The van der Waals surface area contributed by atoms with Crippen LogP contribution in [-0.4, -0.2) is 18.2 Å². The molecule has 0 unspecified atom stereocenters. The Hall–Kier alpha value is -1.55. The van der Waals surface area contributed by atoms with Gasteiger partial charge in [0.25, 0.3) is 0 Å². The Morgan fingerprint density at radius 3 is 2.81 bits per heavy atom. The highest BCUT2D eigenvalue weighted by Gasteiger charge is 2.16. The number of thiophene rings is 1. The summed E-state index contributed by atoms with van der Waals surface area (Å²) in [6.45, 7) is 1.70. The van der Waals surface area contributed by atoms with Crippen LogP contribution in [0, 0.1) is 0 Å². The number of hydrogen-bond donors (Lipinski definition) is 1. The summed E-state index contributed by atoms with van der Waals surface area (Å²) < 4.78 is 6.21. The summed E-state index contributed by atoms with van der Waals surface area (Å²) in [6.07, 6.45) is 0. The van der Waals surface area contributed by atoms with E-state index in [9.17, 15) is 4.79 Å². The molecule has 0 radical (unpaired) electrons. The first-order valence-corrected chi connectivity index (χ1v) is 5.73. The van der Waals surface area contributed by atoms with Crippen LogP contribution < -0.4 is 4.74 Å². The fourth-order valence-electron chi connectivity index (χ4n) is 1.50. The Balaban J connectivity index is 2.47. The zero-order chi connectivity index (χ0) is 11.7. The van der Waals surface area contributed by atoms with E-state index >= 15 is 0 Å². The van der Waals surface area contributed by atoms with Gasteiger partial charge in [-0.25, -0.2) is 0 Å². The SMILES string of the molecule is COc1ccc2sc([C@H](C)C(=O)O)cc2c1. The second kappa shape index (κ2) is 4.14. The van der Waals surface area contributed by atoms with E-state index in [-0.39, 0.29) is 0 Å². The van der Waals surface area contributed by atoms with Crippen molar-refractivity contribution in [3.8, 4) is 5.75 Å². The highest BCUT2D eigenvalue weighted by atomic mass is 32.1. The number of carbonyl (C=O) groups is 1. The molecule has 1 N–H and O–H groups in total. The molecular weight excluding hydrogens is 224 g/mol. The Kier molecular flexibility index (Phi) is 2.83. The van der Waals surface area contributed by atoms with Crippen molar-refractivity contribution in [2.45, 2.75) is 12.8 Å². The maximum absolute atomic E-state index is 10.9. The average Bonchev–Trinajstić information content (AvgIpc) is 2.69. The monoisotopic (exact) mass is 236 g/mol. The van der Waals surface area contributed by atoms with Gasteiger partial charge in [0, 0.05) is 9.58 Å². The summed E-state index contributed by atoms with van der Waals surface area (Å²) in [5.74, 6) is -0.457. The Morgan fingerprint density at radius 2 is 2.19 bits per heavy atom. The molecule has 0 saturated carbocycles. The highest BCUT2D eigenvalue weighted by molar-refractivity contribution is 7.19. The van der Waals surface area contributed by atoms with E-state index in [0.717, 1.165) is 20.7 Å². The van der Waals surface area contributed by atoms with Gasteiger partial charge in [-0.1, -0.05) is 0 Å². The second-order valence-electron chi connectivity index (χ2n) is 3.61.